The Labute approximate surface area is 128 Å². The van der Waals surface area contributed by atoms with Gasteiger partial charge in [-0.3, -0.25) is 9.59 Å². The number of ether oxygens (including phenoxy) is 1. The standard InChI is InChI=1S/C15H20BrNO3/c1-10(2)11(3)17-14(18)9-20-15(19)8-12-4-6-13(16)7-5-12/h4-7,10-11H,8-9H2,1-3H3,(H,17,18)/t11-/m0/s1. The normalized spacial score (nSPS) is 12.1. The maximum atomic E-state index is 11.6. The summed E-state index contributed by atoms with van der Waals surface area (Å²) >= 11 is 3.33. The first kappa shape index (κ1) is 16.7. The second-order valence-electron chi connectivity index (χ2n) is 5.06. The number of hydrogen-bond acceptors (Lipinski definition) is 3. The molecule has 0 saturated heterocycles. The maximum absolute atomic E-state index is 11.6. The first-order valence-electron chi connectivity index (χ1n) is 6.58. The number of benzene rings is 1. The molecule has 1 rings (SSSR count). The highest BCUT2D eigenvalue weighted by atomic mass is 79.9. The molecule has 1 aromatic rings. The molecule has 110 valence electrons. The first-order valence-corrected chi connectivity index (χ1v) is 7.37. The molecule has 4 nitrogen and oxygen atoms in total. The van der Waals surface area contributed by atoms with Gasteiger partial charge in [-0.1, -0.05) is 41.9 Å². The van der Waals surface area contributed by atoms with Crippen LogP contribution in [0.1, 0.15) is 26.3 Å². The second-order valence-corrected chi connectivity index (χ2v) is 5.98. The molecule has 1 N–H and O–H groups in total. The molecule has 1 aromatic carbocycles. The highest BCUT2D eigenvalue weighted by molar-refractivity contribution is 9.10. The number of rotatable bonds is 6. The molecule has 0 aromatic heterocycles. The quantitative estimate of drug-likeness (QED) is 0.809. The second kappa shape index (κ2) is 8.04. The van der Waals surface area contributed by atoms with Crippen LogP contribution in [0.5, 0.6) is 0 Å². The van der Waals surface area contributed by atoms with Gasteiger partial charge in [0.1, 0.15) is 0 Å². The zero-order valence-corrected chi connectivity index (χ0v) is 13.6. The lowest BCUT2D eigenvalue weighted by Gasteiger charge is -2.17. The highest BCUT2D eigenvalue weighted by Gasteiger charge is 2.13. The molecule has 0 spiro atoms. The zero-order chi connectivity index (χ0) is 15.1. The number of esters is 1. The average Bonchev–Trinajstić information content (AvgIpc) is 2.39. The van der Waals surface area contributed by atoms with E-state index >= 15 is 0 Å². The van der Waals surface area contributed by atoms with Gasteiger partial charge in [0.25, 0.3) is 5.91 Å². The summed E-state index contributed by atoms with van der Waals surface area (Å²) < 4.78 is 5.91. The Bertz CT molecular complexity index is 457. The highest BCUT2D eigenvalue weighted by Crippen LogP contribution is 2.11. The molecule has 1 atom stereocenters. The van der Waals surface area contributed by atoms with Gasteiger partial charge in [-0.05, 0) is 30.5 Å². The summed E-state index contributed by atoms with van der Waals surface area (Å²) in [7, 11) is 0. The van der Waals surface area contributed by atoms with Crippen LogP contribution in [0.3, 0.4) is 0 Å². The largest absolute Gasteiger partial charge is 0.455 e. The van der Waals surface area contributed by atoms with E-state index in [1.807, 2.05) is 45.0 Å². The van der Waals surface area contributed by atoms with Gasteiger partial charge in [-0.15, -0.1) is 0 Å². The SMILES string of the molecule is CC(C)[C@H](C)NC(=O)COC(=O)Cc1ccc(Br)cc1. The number of amides is 1. The molecule has 0 bridgehead atoms. The predicted molar refractivity (Wildman–Crippen MR) is 81.2 cm³/mol. The first-order chi connectivity index (χ1) is 9.38. The number of nitrogens with one attached hydrogen (secondary N) is 1. The fraction of sp³-hybridized carbons (Fsp3) is 0.467. The topological polar surface area (TPSA) is 55.4 Å². The van der Waals surface area contributed by atoms with Gasteiger partial charge in [0.2, 0.25) is 0 Å². The van der Waals surface area contributed by atoms with Crippen molar-refractivity contribution in [2.24, 2.45) is 5.92 Å². The predicted octanol–water partition coefficient (Wildman–Crippen LogP) is 2.70. The fourth-order valence-corrected chi connectivity index (χ4v) is 1.69. The van der Waals surface area contributed by atoms with E-state index in [9.17, 15) is 9.59 Å². The van der Waals surface area contributed by atoms with Crippen LogP contribution in [0.15, 0.2) is 28.7 Å². The van der Waals surface area contributed by atoms with Crippen LogP contribution in [-0.2, 0) is 20.7 Å². The van der Waals surface area contributed by atoms with Crippen LogP contribution in [0.4, 0.5) is 0 Å². The molecular weight excluding hydrogens is 322 g/mol. The summed E-state index contributed by atoms with van der Waals surface area (Å²) in [5.74, 6) is -0.326. The molecule has 5 heteroatoms. The lowest BCUT2D eigenvalue weighted by atomic mass is 10.1. The number of hydrogen-bond donors (Lipinski definition) is 1. The van der Waals surface area contributed by atoms with Crippen LogP contribution < -0.4 is 5.32 Å². The van der Waals surface area contributed by atoms with Gasteiger partial charge in [0, 0.05) is 10.5 Å². The number of carbonyl (C=O) groups is 2. The van der Waals surface area contributed by atoms with Crippen molar-refractivity contribution in [2.75, 3.05) is 6.61 Å². The Morgan fingerprint density at radius 1 is 1.20 bits per heavy atom. The van der Waals surface area contributed by atoms with Crippen molar-refractivity contribution in [1.29, 1.82) is 0 Å². The third-order valence-electron chi connectivity index (χ3n) is 3.01. The van der Waals surface area contributed by atoms with Crippen molar-refractivity contribution in [3.05, 3.63) is 34.3 Å². The lowest BCUT2D eigenvalue weighted by molar-refractivity contribution is -0.148. The Balaban J connectivity index is 2.32. The molecule has 0 saturated carbocycles. The summed E-state index contributed by atoms with van der Waals surface area (Å²) in [6.45, 7) is 5.73. The smallest absolute Gasteiger partial charge is 0.310 e. The van der Waals surface area contributed by atoms with Gasteiger partial charge >= 0.3 is 5.97 Å². The Morgan fingerprint density at radius 3 is 2.35 bits per heavy atom. The van der Waals surface area contributed by atoms with E-state index in [0.29, 0.717) is 5.92 Å². The maximum Gasteiger partial charge on any atom is 0.310 e. The molecule has 0 radical (unpaired) electrons. The van der Waals surface area contributed by atoms with Crippen molar-refractivity contribution in [3.63, 3.8) is 0 Å². The van der Waals surface area contributed by atoms with Crippen LogP contribution in [-0.4, -0.2) is 24.5 Å². The third kappa shape index (κ3) is 6.19. The molecule has 0 unspecified atom stereocenters. The van der Waals surface area contributed by atoms with E-state index in [1.165, 1.54) is 0 Å². The van der Waals surface area contributed by atoms with E-state index < -0.39 is 5.97 Å². The van der Waals surface area contributed by atoms with E-state index in [0.717, 1.165) is 10.0 Å². The molecule has 0 fully saturated rings. The molecule has 0 aliphatic carbocycles. The zero-order valence-electron chi connectivity index (χ0n) is 12.0. The Hall–Kier alpha value is -1.36. The Kier molecular flexibility index (Phi) is 6.71. The number of carbonyl (C=O) groups excluding carboxylic acids is 2. The minimum Gasteiger partial charge on any atom is -0.455 e. The average molecular weight is 342 g/mol. The minimum atomic E-state index is -0.403. The molecule has 0 heterocycles. The van der Waals surface area contributed by atoms with Gasteiger partial charge in [-0.25, -0.2) is 0 Å². The summed E-state index contributed by atoms with van der Waals surface area (Å²) in [6.07, 6.45) is 0.167. The minimum absolute atomic E-state index is 0.0627. The molecule has 20 heavy (non-hydrogen) atoms. The van der Waals surface area contributed by atoms with E-state index in [2.05, 4.69) is 21.2 Å². The van der Waals surface area contributed by atoms with Crippen LogP contribution in [0, 0.1) is 5.92 Å². The lowest BCUT2D eigenvalue weighted by Crippen LogP contribution is -2.38. The van der Waals surface area contributed by atoms with Gasteiger partial charge in [0.05, 0.1) is 6.42 Å². The molecular formula is C15H20BrNO3. The van der Waals surface area contributed by atoms with Gasteiger partial charge in [0.15, 0.2) is 6.61 Å². The van der Waals surface area contributed by atoms with Crippen molar-refractivity contribution >= 4 is 27.8 Å². The van der Waals surface area contributed by atoms with E-state index in [1.54, 1.807) is 0 Å². The van der Waals surface area contributed by atoms with E-state index in [4.69, 9.17) is 4.74 Å². The fourth-order valence-electron chi connectivity index (χ4n) is 1.43. The molecule has 0 aliphatic rings. The van der Waals surface area contributed by atoms with Crippen molar-refractivity contribution in [2.45, 2.75) is 33.2 Å². The summed E-state index contributed by atoms with van der Waals surface area (Å²) in [4.78, 5) is 23.2. The molecule has 0 aliphatic heterocycles. The van der Waals surface area contributed by atoms with Crippen molar-refractivity contribution in [3.8, 4) is 0 Å². The van der Waals surface area contributed by atoms with E-state index in [-0.39, 0.29) is 25.0 Å². The third-order valence-corrected chi connectivity index (χ3v) is 3.54. The van der Waals surface area contributed by atoms with Crippen molar-refractivity contribution in [1.82, 2.24) is 5.32 Å². The van der Waals surface area contributed by atoms with Gasteiger partial charge < -0.3 is 10.1 Å². The Morgan fingerprint density at radius 2 is 1.80 bits per heavy atom. The van der Waals surface area contributed by atoms with Crippen molar-refractivity contribution < 1.29 is 14.3 Å². The monoisotopic (exact) mass is 341 g/mol. The van der Waals surface area contributed by atoms with Gasteiger partial charge in [-0.2, -0.15) is 0 Å². The number of halogens is 1. The summed E-state index contributed by atoms with van der Waals surface area (Å²) in [6, 6.07) is 7.46. The molecule has 1 amide bonds. The summed E-state index contributed by atoms with van der Waals surface area (Å²) in [5, 5.41) is 2.78. The van der Waals surface area contributed by atoms with Crippen LogP contribution in [0.25, 0.3) is 0 Å². The van der Waals surface area contributed by atoms with Crippen LogP contribution >= 0.6 is 15.9 Å². The summed E-state index contributed by atoms with van der Waals surface area (Å²) in [5.41, 5.74) is 0.856. The van der Waals surface area contributed by atoms with Crippen LogP contribution in [0.2, 0.25) is 0 Å².